The summed E-state index contributed by atoms with van der Waals surface area (Å²) < 4.78 is 5.31. The Morgan fingerprint density at radius 2 is 2.21 bits per heavy atom. The van der Waals surface area contributed by atoms with E-state index in [9.17, 15) is 0 Å². The number of oxazole rings is 1. The zero-order valence-corrected chi connectivity index (χ0v) is 8.89. The van der Waals surface area contributed by atoms with Crippen molar-refractivity contribution >= 4 is 11.3 Å². The van der Waals surface area contributed by atoms with E-state index >= 15 is 0 Å². The molecule has 2 rings (SSSR count). The first kappa shape index (κ1) is 9.36. The Labute approximate surface area is 85.8 Å². The second-order valence-corrected chi connectivity index (χ2v) is 4.10. The number of aromatic nitrogens is 2. The van der Waals surface area contributed by atoms with Crippen LogP contribution >= 0.6 is 11.3 Å². The largest absolute Gasteiger partial charge is 0.444 e. The number of hydrogen-bond acceptors (Lipinski definition) is 5. The van der Waals surface area contributed by atoms with Crippen LogP contribution in [0.2, 0.25) is 0 Å². The molecular weight excluding hydrogens is 198 g/mol. The molecule has 0 spiro atoms. The molecule has 2 heterocycles. The van der Waals surface area contributed by atoms with Crippen LogP contribution in [0.4, 0.5) is 0 Å². The lowest BCUT2D eigenvalue weighted by molar-refractivity contribution is 0.574. The van der Waals surface area contributed by atoms with E-state index < -0.39 is 0 Å². The molecule has 0 saturated heterocycles. The van der Waals surface area contributed by atoms with Gasteiger partial charge in [0.25, 0.3) is 0 Å². The Hall–Kier alpha value is -1.20. The van der Waals surface area contributed by atoms with Crippen LogP contribution in [0.15, 0.2) is 10.7 Å². The Morgan fingerprint density at radius 3 is 2.71 bits per heavy atom. The first-order valence-electron chi connectivity index (χ1n) is 4.29. The lowest BCUT2D eigenvalue weighted by Gasteiger charge is -1.88. The van der Waals surface area contributed by atoms with Gasteiger partial charge in [0.15, 0.2) is 0 Å². The molecule has 0 bridgehead atoms. The molecule has 0 aromatic carbocycles. The lowest BCUT2D eigenvalue weighted by Crippen LogP contribution is -1.94. The summed E-state index contributed by atoms with van der Waals surface area (Å²) in [6, 6.07) is 0. The zero-order valence-electron chi connectivity index (χ0n) is 8.07. The average molecular weight is 209 g/mol. The Bertz CT molecular complexity index is 447. The minimum Gasteiger partial charge on any atom is -0.444 e. The third kappa shape index (κ3) is 1.56. The van der Waals surface area contributed by atoms with E-state index in [1.165, 1.54) is 11.3 Å². The highest BCUT2D eigenvalue weighted by Crippen LogP contribution is 2.28. The van der Waals surface area contributed by atoms with E-state index in [1.807, 2.05) is 13.8 Å². The van der Waals surface area contributed by atoms with Gasteiger partial charge in [0.1, 0.15) is 16.1 Å². The van der Waals surface area contributed by atoms with Gasteiger partial charge < -0.3 is 10.2 Å². The summed E-state index contributed by atoms with van der Waals surface area (Å²) in [6.07, 6.45) is 1.64. The van der Waals surface area contributed by atoms with Gasteiger partial charge >= 0.3 is 0 Å². The van der Waals surface area contributed by atoms with Crippen LogP contribution in [0.25, 0.3) is 10.8 Å². The van der Waals surface area contributed by atoms with Crippen molar-refractivity contribution in [1.29, 1.82) is 0 Å². The van der Waals surface area contributed by atoms with Crippen molar-refractivity contribution in [2.24, 2.45) is 5.73 Å². The van der Waals surface area contributed by atoms with Crippen molar-refractivity contribution in [3.8, 4) is 10.8 Å². The van der Waals surface area contributed by atoms with Crippen LogP contribution in [-0.4, -0.2) is 9.97 Å². The molecule has 0 atom stereocenters. The summed E-state index contributed by atoms with van der Waals surface area (Å²) in [4.78, 5) is 9.53. The quantitative estimate of drug-likeness (QED) is 0.820. The molecule has 0 aliphatic rings. The zero-order chi connectivity index (χ0) is 10.1. The number of rotatable bonds is 2. The van der Waals surface area contributed by atoms with Gasteiger partial charge in [0, 0.05) is 6.54 Å². The van der Waals surface area contributed by atoms with E-state index in [2.05, 4.69) is 9.97 Å². The molecule has 0 unspecified atom stereocenters. The van der Waals surface area contributed by atoms with Crippen molar-refractivity contribution < 1.29 is 4.42 Å². The lowest BCUT2D eigenvalue weighted by atomic mass is 10.4. The number of nitrogens with zero attached hydrogens (tertiary/aromatic N) is 2. The molecule has 0 fully saturated rings. The molecule has 0 aliphatic carbocycles. The number of thiazole rings is 1. The van der Waals surface area contributed by atoms with Crippen LogP contribution in [0, 0.1) is 13.8 Å². The fraction of sp³-hybridized carbons (Fsp3) is 0.333. The predicted molar refractivity (Wildman–Crippen MR) is 55.0 cm³/mol. The summed E-state index contributed by atoms with van der Waals surface area (Å²) in [5, 5.41) is 0.911. The summed E-state index contributed by atoms with van der Waals surface area (Å²) in [7, 11) is 0. The molecular formula is C9H11N3OS. The van der Waals surface area contributed by atoms with Gasteiger partial charge in [-0.3, -0.25) is 0 Å². The van der Waals surface area contributed by atoms with E-state index in [1.54, 1.807) is 6.26 Å². The van der Waals surface area contributed by atoms with Crippen molar-refractivity contribution in [2.75, 3.05) is 0 Å². The highest BCUT2D eigenvalue weighted by molar-refractivity contribution is 7.15. The van der Waals surface area contributed by atoms with Gasteiger partial charge in [0.2, 0.25) is 5.89 Å². The molecule has 4 nitrogen and oxygen atoms in total. The number of aryl methyl sites for hydroxylation is 2. The first-order valence-corrected chi connectivity index (χ1v) is 5.11. The highest BCUT2D eigenvalue weighted by Gasteiger charge is 2.13. The predicted octanol–water partition coefficient (Wildman–Crippen LogP) is 1.87. The SMILES string of the molecule is Cc1coc(-c2sc(CN)nc2C)n1. The second kappa shape index (κ2) is 3.51. The van der Waals surface area contributed by atoms with E-state index in [-0.39, 0.29) is 0 Å². The van der Waals surface area contributed by atoms with Gasteiger partial charge in [-0.1, -0.05) is 0 Å². The van der Waals surface area contributed by atoms with Gasteiger partial charge in [-0.15, -0.1) is 11.3 Å². The normalized spacial score (nSPS) is 10.8. The van der Waals surface area contributed by atoms with Gasteiger partial charge in [-0.05, 0) is 13.8 Å². The van der Waals surface area contributed by atoms with Crippen molar-refractivity contribution in [3.05, 3.63) is 22.7 Å². The van der Waals surface area contributed by atoms with Gasteiger partial charge in [-0.25, -0.2) is 9.97 Å². The highest BCUT2D eigenvalue weighted by atomic mass is 32.1. The number of hydrogen-bond donors (Lipinski definition) is 1. The van der Waals surface area contributed by atoms with Crippen LogP contribution < -0.4 is 5.73 Å². The molecule has 0 amide bonds. The standard InChI is InChI=1S/C9H11N3OS/c1-5-4-13-9(11-5)8-6(2)12-7(3-10)14-8/h4H,3,10H2,1-2H3. The minimum atomic E-state index is 0.463. The van der Waals surface area contributed by atoms with Crippen LogP contribution in [0.5, 0.6) is 0 Å². The molecule has 5 heteroatoms. The van der Waals surface area contributed by atoms with Crippen LogP contribution in [0.1, 0.15) is 16.4 Å². The smallest absolute Gasteiger partial charge is 0.238 e. The summed E-state index contributed by atoms with van der Waals surface area (Å²) in [5.41, 5.74) is 7.32. The second-order valence-electron chi connectivity index (χ2n) is 3.02. The summed E-state index contributed by atoms with van der Waals surface area (Å²) in [5.74, 6) is 0.636. The molecule has 14 heavy (non-hydrogen) atoms. The third-order valence-corrected chi connectivity index (χ3v) is 3.00. The first-order chi connectivity index (χ1) is 6.70. The van der Waals surface area contributed by atoms with E-state index in [0.29, 0.717) is 12.4 Å². The molecule has 0 saturated carbocycles. The van der Waals surface area contributed by atoms with Gasteiger partial charge in [0.05, 0.1) is 11.4 Å². The maximum absolute atomic E-state index is 5.51. The topological polar surface area (TPSA) is 64.9 Å². The molecule has 2 aromatic heterocycles. The Morgan fingerprint density at radius 1 is 1.43 bits per heavy atom. The van der Waals surface area contributed by atoms with Crippen molar-refractivity contribution in [3.63, 3.8) is 0 Å². The van der Waals surface area contributed by atoms with Crippen molar-refractivity contribution in [1.82, 2.24) is 9.97 Å². The average Bonchev–Trinajstić information content (AvgIpc) is 2.71. The minimum absolute atomic E-state index is 0.463. The van der Waals surface area contributed by atoms with Gasteiger partial charge in [-0.2, -0.15) is 0 Å². The van der Waals surface area contributed by atoms with E-state index in [0.717, 1.165) is 21.3 Å². The van der Waals surface area contributed by atoms with Crippen LogP contribution in [0.3, 0.4) is 0 Å². The molecule has 0 radical (unpaired) electrons. The Kier molecular flexibility index (Phi) is 2.35. The summed E-state index contributed by atoms with van der Waals surface area (Å²) in [6.45, 7) is 4.29. The molecule has 2 N–H and O–H groups in total. The fourth-order valence-corrected chi connectivity index (χ4v) is 2.07. The fourth-order valence-electron chi connectivity index (χ4n) is 1.20. The van der Waals surface area contributed by atoms with Crippen molar-refractivity contribution in [2.45, 2.75) is 20.4 Å². The van der Waals surface area contributed by atoms with Crippen LogP contribution in [-0.2, 0) is 6.54 Å². The maximum Gasteiger partial charge on any atom is 0.238 e. The number of nitrogens with two attached hydrogens (primary N) is 1. The molecule has 2 aromatic rings. The molecule has 74 valence electrons. The Balaban J connectivity index is 2.45. The molecule has 0 aliphatic heterocycles. The maximum atomic E-state index is 5.51. The monoisotopic (exact) mass is 209 g/mol. The third-order valence-electron chi connectivity index (χ3n) is 1.83. The van der Waals surface area contributed by atoms with E-state index in [4.69, 9.17) is 10.2 Å². The summed E-state index contributed by atoms with van der Waals surface area (Å²) >= 11 is 1.53.